The molecular weight excluding hydrogens is 448 g/mol. The van der Waals surface area contributed by atoms with Crippen molar-refractivity contribution in [2.75, 3.05) is 46.5 Å². The highest BCUT2D eigenvalue weighted by Gasteiger charge is 2.42. The summed E-state index contributed by atoms with van der Waals surface area (Å²) in [5.74, 6) is 0.0787. The van der Waals surface area contributed by atoms with Gasteiger partial charge in [-0.15, -0.1) is 0 Å². The van der Waals surface area contributed by atoms with Gasteiger partial charge < -0.3 is 23.9 Å². The zero-order chi connectivity index (χ0) is 24.7. The fourth-order valence-corrected chi connectivity index (χ4v) is 5.01. The number of rotatable bonds is 6. The summed E-state index contributed by atoms with van der Waals surface area (Å²) in [4.78, 5) is 31.4. The Labute approximate surface area is 203 Å². The number of amides is 1. The fourth-order valence-electron chi connectivity index (χ4n) is 5.01. The number of phenols is 1. The topological polar surface area (TPSA) is 92.5 Å². The van der Waals surface area contributed by atoms with Crippen molar-refractivity contribution in [1.82, 2.24) is 9.80 Å². The SMILES string of the molecule is COc1cc([C@H]2c3c(oc4cc(C)c(C)cc4c3=O)C(=O)N2CCCN2CCOCC2)ccc1O. The average Bonchev–Trinajstić information content (AvgIpc) is 3.13. The first-order valence-electron chi connectivity index (χ1n) is 11.9. The second kappa shape index (κ2) is 9.36. The Morgan fingerprint density at radius 1 is 1.06 bits per heavy atom. The smallest absolute Gasteiger partial charge is 0.290 e. The van der Waals surface area contributed by atoms with Crippen LogP contribution in [0.4, 0.5) is 0 Å². The normalized spacial score (nSPS) is 18.3. The molecule has 0 spiro atoms. The van der Waals surface area contributed by atoms with Crippen molar-refractivity contribution in [2.24, 2.45) is 0 Å². The van der Waals surface area contributed by atoms with Gasteiger partial charge in [-0.05, 0) is 61.2 Å². The summed E-state index contributed by atoms with van der Waals surface area (Å²) in [6.07, 6.45) is 0.747. The van der Waals surface area contributed by atoms with Crippen LogP contribution in [0, 0.1) is 13.8 Å². The minimum atomic E-state index is -0.626. The fraction of sp³-hybridized carbons (Fsp3) is 0.407. The highest BCUT2D eigenvalue weighted by molar-refractivity contribution is 5.99. The van der Waals surface area contributed by atoms with Gasteiger partial charge in [-0.3, -0.25) is 14.5 Å². The van der Waals surface area contributed by atoms with Crippen molar-refractivity contribution in [1.29, 1.82) is 0 Å². The Hall–Kier alpha value is -3.36. The number of ether oxygens (including phenoxy) is 2. The third-order valence-corrected chi connectivity index (χ3v) is 7.08. The Morgan fingerprint density at radius 3 is 2.54 bits per heavy atom. The molecule has 1 fully saturated rings. The first-order valence-corrected chi connectivity index (χ1v) is 11.9. The number of fused-ring (bicyclic) bond motifs is 2. The number of phenolic OH excluding ortho intramolecular Hbond substituents is 1. The Kier molecular flexibility index (Phi) is 6.25. The van der Waals surface area contributed by atoms with Crippen molar-refractivity contribution >= 4 is 16.9 Å². The third-order valence-electron chi connectivity index (χ3n) is 7.08. The summed E-state index contributed by atoms with van der Waals surface area (Å²) < 4.78 is 16.8. The molecule has 1 N–H and O–H groups in total. The van der Waals surface area contributed by atoms with Crippen LogP contribution in [-0.2, 0) is 4.74 Å². The number of methoxy groups -OCH3 is 1. The number of aromatic hydroxyl groups is 1. The number of hydrogen-bond acceptors (Lipinski definition) is 7. The second-order valence-corrected chi connectivity index (χ2v) is 9.25. The predicted octanol–water partition coefficient (Wildman–Crippen LogP) is 3.39. The van der Waals surface area contributed by atoms with Gasteiger partial charge in [0, 0.05) is 26.2 Å². The number of carbonyl (C=O) groups excluding carboxylic acids is 1. The number of nitrogens with zero attached hydrogens (tertiary/aromatic N) is 2. The molecule has 2 aliphatic rings. The van der Waals surface area contributed by atoms with E-state index in [9.17, 15) is 14.7 Å². The van der Waals surface area contributed by atoms with Crippen LogP contribution in [0.3, 0.4) is 0 Å². The second-order valence-electron chi connectivity index (χ2n) is 9.25. The number of benzene rings is 2. The monoisotopic (exact) mass is 478 g/mol. The summed E-state index contributed by atoms with van der Waals surface area (Å²) in [7, 11) is 1.47. The van der Waals surface area contributed by atoms with E-state index in [1.165, 1.54) is 13.2 Å². The lowest BCUT2D eigenvalue weighted by Gasteiger charge is -2.29. The molecule has 0 radical (unpaired) electrons. The summed E-state index contributed by atoms with van der Waals surface area (Å²) in [6, 6.07) is 7.96. The predicted molar refractivity (Wildman–Crippen MR) is 131 cm³/mol. The molecule has 0 saturated carbocycles. The van der Waals surface area contributed by atoms with Gasteiger partial charge in [-0.25, -0.2) is 0 Å². The molecule has 1 aromatic heterocycles. The van der Waals surface area contributed by atoms with Gasteiger partial charge >= 0.3 is 0 Å². The minimum Gasteiger partial charge on any atom is -0.504 e. The zero-order valence-electron chi connectivity index (χ0n) is 20.3. The minimum absolute atomic E-state index is 0.00342. The van der Waals surface area contributed by atoms with Gasteiger partial charge in [0.05, 0.1) is 37.3 Å². The Morgan fingerprint density at radius 2 is 1.80 bits per heavy atom. The van der Waals surface area contributed by atoms with Gasteiger partial charge in [0.1, 0.15) is 5.58 Å². The van der Waals surface area contributed by atoms with E-state index in [0.29, 0.717) is 41.9 Å². The van der Waals surface area contributed by atoms with E-state index in [2.05, 4.69) is 4.90 Å². The van der Waals surface area contributed by atoms with Crippen LogP contribution in [0.25, 0.3) is 11.0 Å². The lowest BCUT2D eigenvalue weighted by Crippen LogP contribution is -2.38. The van der Waals surface area contributed by atoms with Gasteiger partial charge in [0.25, 0.3) is 5.91 Å². The zero-order valence-corrected chi connectivity index (χ0v) is 20.3. The van der Waals surface area contributed by atoms with E-state index < -0.39 is 6.04 Å². The van der Waals surface area contributed by atoms with E-state index in [4.69, 9.17) is 13.9 Å². The highest BCUT2D eigenvalue weighted by Crippen LogP contribution is 2.41. The molecule has 0 unspecified atom stereocenters. The number of hydrogen-bond donors (Lipinski definition) is 1. The Balaban J connectivity index is 1.58. The van der Waals surface area contributed by atoms with Crippen LogP contribution >= 0.6 is 0 Å². The molecule has 1 saturated heterocycles. The molecule has 1 amide bonds. The standard InChI is InChI=1S/C27H30N2O6/c1-16-13-19-21(14-17(16)2)35-26-23(25(19)31)24(18-5-6-20(30)22(15-18)33-3)29(27(26)32)8-4-7-28-9-11-34-12-10-28/h5-6,13-15,24,30H,4,7-12H2,1-3H3/t24-/m0/s1. The molecule has 1 atom stereocenters. The van der Waals surface area contributed by atoms with Crippen molar-refractivity contribution in [2.45, 2.75) is 26.3 Å². The van der Waals surface area contributed by atoms with E-state index in [1.54, 1.807) is 17.0 Å². The molecular formula is C27H30N2O6. The van der Waals surface area contributed by atoms with E-state index in [-0.39, 0.29) is 28.6 Å². The molecule has 8 nitrogen and oxygen atoms in total. The quantitative estimate of drug-likeness (QED) is 0.581. The first-order chi connectivity index (χ1) is 16.9. The molecule has 2 aromatic carbocycles. The maximum absolute atomic E-state index is 13.8. The lowest BCUT2D eigenvalue weighted by molar-refractivity contribution is 0.0353. The molecule has 184 valence electrons. The van der Waals surface area contributed by atoms with Gasteiger partial charge in [-0.1, -0.05) is 6.07 Å². The van der Waals surface area contributed by atoms with Crippen LogP contribution in [-0.4, -0.2) is 67.3 Å². The molecule has 5 rings (SSSR count). The van der Waals surface area contributed by atoms with Gasteiger partial charge in [-0.2, -0.15) is 0 Å². The van der Waals surface area contributed by atoms with Gasteiger partial charge in [0.2, 0.25) is 5.76 Å². The summed E-state index contributed by atoms with van der Waals surface area (Å²) in [6.45, 7) is 8.37. The average molecular weight is 479 g/mol. The lowest BCUT2D eigenvalue weighted by atomic mass is 9.97. The van der Waals surface area contributed by atoms with Crippen molar-refractivity contribution in [3.63, 3.8) is 0 Å². The van der Waals surface area contributed by atoms with Crippen LogP contribution < -0.4 is 10.2 Å². The van der Waals surface area contributed by atoms with Crippen molar-refractivity contribution in [3.05, 3.63) is 68.6 Å². The van der Waals surface area contributed by atoms with Crippen LogP contribution in [0.15, 0.2) is 39.5 Å². The number of morpholine rings is 1. The van der Waals surface area contributed by atoms with Crippen LogP contribution in [0.5, 0.6) is 11.5 Å². The number of carbonyl (C=O) groups is 1. The van der Waals surface area contributed by atoms with E-state index in [0.717, 1.165) is 37.2 Å². The molecule has 3 heterocycles. The molecule has 0 aliphatic carbocycles. The summed E-state index contributed by atoms with van der Waals surface area (Å²) in [5.41, 5.74) is 3.22. The number of aryl methyl sites for hydroxylation is 2. The van der Waals surface area contributed by atoms with Crippen LogP contribution in [0.2, 0.25) is 0 Å². The maximum atomic E-state index is 13.8. The van der Waals surface area contributed by atoms with Crippen molar-refractivity contribution < 1.29 is 23.8 Å². The van der Waals surface area contributed by atoms with Crippen molar-refractivity contribution in [3.8, 4) is 11.5 Å². The summed E-state index contributed by atoms with van der Waals surface area (Å²) in [5, 5.41) is 10.6. The molecule has 3 aromatic rings. The molecule has 2 aliphatic heterocycles. The van der Waals surface area contributed by atoms with E-state index >= 15 is 0 Å². The highest BCUT2D eigenvalue weighted by atomic mass is 16.5. The maximum Gasteiger partial charge on any atom is 0.290 e. The van der Waals surface area contributed by atoms with E-state index in [1.807, 2.05) is 26.0 Å². The summed E-state index contributed by atoms with van der Waals surface area (Å²) >= 11 is 0. The van der Waals surface area contributed by atoms with Crippen LogP contribution in [0.1, 0.15) is 45.3 Å². The molecule has 0 bridgehead atoms. The third kappa shape index (κ3) is 4.17. The Bertz CT molecular complexity index is 1340. The largest absolute Gasteiger partial charge is 0.504 e. The first kappa shape index (κ1) is 23.4. The van der Waals surface area contributed by atoms with Gasteiger partial charge in [0.15, 0.2) is 16.9 Å². The molecule has 35 heavy (non-hydrogen) atoms. The molecule has 8 heteroatoms.